The molecule has 0 aliphatic rings. The number of aromatic nitrogens is 2. The van der Waals surface area contributed by atoms with Crippen molar-refractivity contribution >= 4 is 0 Å². The maximum Gasteiger partial charge on any atom is 0.0947 e. The molecule has 2 unspecified atom stereocenters. The summed E-state index contributed by atoms with van der Waals surface area (Å²) in [5.74, 6) is 0.625. The quantitative estimate of drug-likeness (QED) is 0.766. The van der Waals surface area contributed by atoms with Crippen LogP contribution in [0.15, 0.2) is 12.5 Å². The summed E-state index contributed by atoms with van der Waals surface area (Å²) >= 11 is 0. The number of rotatable bonds is 4. The minimum Gasteiger partial charge on any atom is -0.340 e. The van der Waals surface area contributed by atoms with Crippen LogP contribution in [0.25, 0.3) is 0 Å². The Hall–Kier alpha value is -0.830. The molecule has 1 aromatic rings. The van der Waals surface area contributed by atoms with Crippen molar-refractivity contribution in [2.24, 2.45) is 13.0 Å². The Kier molecular flexibility index (Phi) is 3.48. The molecule has 3 nitrogen and oxygen atoms in total. The van der Waals surface area contributed by atoms with Gasteiger partial charge in [0, 0.05) is 13.2 Å². The van der Waals surface area contributed by atoms with Gasteiger partial charge >= 0.3 is 0 Å². The van der Waals surface area contributed by atoms with Gasteiger partial charge in [0.2, 0.25) is 0 Å². The van der Waals surface area contributed by atoms with E-state index in [-0.39, 0.29) is 0 Å². The molecule has 0 bridgehead atoms. The first-order valence-electron chi connectivity index (χ1n) is 4.84. The molecule has 0 fully saturated rings. The molecule has 0 spiro atoms. The first kappa shape index (κ1) is 10.3. The summed E-state index contributed by atoms with van der Waals surface area (Å²) in [6.45, 7) is 4.45. The van der Waals surface area contributed by atoms with Crippen LogP contribution in [0, 0.1) is 5.92 Å². The van der Waals surface area contributed by atoms with Crippen molar-refractivity contribution in [3.63, 3.8) is 0 Å². The predicted octanol–water partition coefficient (Wildman–Crippen LogP) is 1.73. The lowest BCUT2D eigenvalue weighted by molar-refractivity contribution is 0.393. The Morgan fingerprint density at radius 1 is 1.62 bits per heavy atom. The highest BCUT2D eigenvalue weighted by atomic mass is 15.0. The zero-order valence-electron chi connectivity index (χ0n) is 8.91. The minimum absolute atomic E-state index is 0.381. The molecular formula is C10H19N3. The molecule has 0 radical (unpaired) electrons. The fraction of sp³-hybridized carbons (Fsp3) is 0.700. The second kappa shape index (κ2) is 4.42. The van der Waals surface area contributed by atoms with Crippen molar-refractivity contribution < 1.29 is 0 Å². The van der Waals surface area contributed by atoms with Gasteiger partial charge in [0.25, 0.3) is 0 Å². The molecule has 0 saturated heterocycles. The first-order valence-corrected chi connectivity index (χ1v) is 4.84. The fourth-order valence-corrected chi connectivity index (χ4v) is 1.55. The predicted molar refractivity (Wildman–Crippen MR) is 54.5 cm³/mol. The van der Waals surface area contributed by atoms with Crippen LogP contribution in [0.3, 0.4) is 0 Å². The highest BCUT2D eigenvalue weighted by molar-refractivity contribution is 5.04. The topological polar surface area (TPSA) is 29.9 Å². The van der Waals surface area contributed by atoms with E-state index in [9.17, 15) is 0 Å². The number of hydrogen-bond acceptors (Lipinski definition) is 2. The molecule has 3 heteroatoms. The maximum absolute atomic E-state index is 4.36. The van der Waals surface area contributed by atoms with E-state index >= 15 is 0 Å². The lowest BCUT2D eigenvalue weighted by Crippen LogP contribution is -2.23. The average molecular weight is 181 g/mol. The first-order chi connectivity index (χ1) is 6.19. The van der Waals surface area contributed by atoms with Crippen molar-refractivity contribution in [1.29, 1.82) is 0 Å². The summed E-state index contributed by atoms with van der Waals surface area (Å²) < 4.78 is 1.99. The molecule has 2 atom stereocenters. The van der Waals surface area contributed by atoms with Gasteiger partial charge in [-0.1, -0.05) is 20.3 Å². The fourth-order valence-electron chi connectivity index (χ4n) is 1.55. The summed E-state index contributed by atoms with van der Waals surface area (Å²) in [6.07, 6.45) is 5.09. The molecule has 1 rings (SSSR count). The standard InChI is InChI=1S/C10H19N3/c1-5-8(2)10(11-3)9-6-13(4)7-12-9/h6-8,10-11H,5H2,1-4H3. The van der Waals surface area contributed by atoms with Gasteiger partial charge in [0.1, 0.15) is 0 Å². The van der Waals surface area contributed by atoms with E-state index in [1.807, 2.05) is 25.0 Å². The van der Waals surface area contributed by atoms with E-state index in [1.54, 1.807) is 0 Å². The third kappa shape index (κ3) is 2.31. The van der Waals surface area contributed by atoms with Crippen molar-refractivity contribution in [2.45, 2.75) is 26.3 Å². The van der Waals surface area contributed by atoms with Gasteiger partial charge in [0.15, 0.2) is 0 Å². The van der Waals surface area contributed by atoms with Gasteiger partial charge in [-0.05, 0) is 13.0 Å². The van der Waals surface area contributed by atoms with Crippen LogP contribution in [0.2, 0.25) is 0 Å². The van der Waals surface area contributed by atoms with Crippen LogP contribution in [0.5, 0.6) is 0 Å². The largest absolute Gasteiger partial charge is 0.340 e. The highest BCUT2D eigenvalue weighted by Crippen LogP contribution is 2.21. The summed E-state index contributed by atoms with van der Waals surface area (Å²) in [5.41, 5.74) is 1.14. The summed E-state index contributed by atoms with van der Waals surface area (Å²) in [5, 5.41) is 3.31. The Balaban J connectivity index is 2.77. The average Bonchev–Trinajstić information content (AvgIpc) is 2.53. The zero-order chi connectivity index (χ0) is 9.84. The number of aryl methyl sites for hydroxylation is 1. The molecule has 1 heterocycles. The van der Waals surface area contributed by atoms with Crippen LogP contribution in [0.1, 0.15) is 32.0 Å². The third-order valence-corrected chi connectivity index (χ3v) is 2.57. The Labute approximate surface area is 80.2 Å². The van der Waals surface area contributed by atoms with Crippen molar-refractivity contribution in [3.05, 3.63) is 18.2 Å². The monoisotopic (exact) mass is 181 g/mol. The molecule has 74 valence electrons. The molecule has 1 aromatic heterocycles. The molecule has 0 aromatic carbocycles. The number of nitrogens with one attached hydrogen (secondary N) is 1. The highest BCUT2D eigenvalue weighted by Gasteiger charge is 2.17. The number of imidazole rings is 1. The molecule has 13 heavy (non-hydrogen) atoms. The lowest BCUT2D eigenvalue weighted by Gasteiger charge is -2.20. The van der Waals surface area contributed by atoms with Gasteiger partial charge in [-0.2, -0.15) is 0 Å². The van der Waals surface area contributed by atoms with Gasteiger partial charge in [-0.3, -0.25) is 0 Å². The van der Waals surface area contributed by atoms with E-state index in [0.717, 1.165) is 5.69 Å². The van der Waals surface area contributed by atoms with Crippen LogP contribution < -0.4 is 5.32 Å². The molecule has 0 aliphatic carbocycles. The van der Waals surface area contributed by atoms with Gasteiger partial charge < -0.3 is 9.88 Å². The second-order valence-corrected chi connectivity index (χ2v) is 3.62. The van der Waals surface area contributed by atoms with E-state index < -0.39 is 0 Å². The second-order valence-electron chi connectivity index (χ2n) is 3.62. The molecular weight excluding hydrogens is 162 g/mol. The maximum atomic E-state index is 4.36. The van der Waals surface area contributed by atoms with Gasteiger partial charge in [-0.15, -0.1) is 0 Å². The lowest BCUT2D eigenvalue weighted by atomic mass is 9.97. The third-order valence-electron chi connectivity index (χ3n) is 2.57. The molecule has 0 saturated carbocycles. The zero-order valence-corrected chi connectivity index (χ0v) is 8.91. The van der Waals surface area contributed by atoms with Crippen LogP contribution >= 0.6 is 0 Å². The van der Waals surface area contributed by atoms with E-state index in [1.165, 1.54) is 6.42 Å². The Morgan fingerprint density at radius 2 is 2.31 bits per heavy atom. The van der Waals surface area contributed by atoms with E-state index in [0.29, 0.717) is 12.0 Å². The van der Waals surface area contributed by atoms with Gasteiger partial charge in [-0.25, -0.2) is 4.98 Å². The van der Waals surface area contributed by atoms with Crippen LogP contribution in [-0.2, 0) is 7.05 Å². The summed E-state index contributed by atoms with van der Waals surface area (Å²) in [6, 6.07) is 0.381. The smallest absolute Gasteiger partial charge is 0.0947 e. The van der Waals surface area contributed by atoms with Crippen molar-refractivity contribution in [1.82, 2.24) is 14.9 Å². The Bertz CT molecular complexity index is 254. The van der Waals surface area contributed by atoms with Gasteiger partial charge in [0.05, 0.1) is 18.1 Å². The summed E-state index contributed by atoms with van der Waals surface area (Å²) in [7, 11) is 3.99. The molecule has 0 aliphatic heterocycles. The van der Waals surface area contributed by atoms with Crippen LogP contribution in [-0.4, -0.2) is 16.6 Å². The number of nitrogens with zero attached hydrogens (tertiary/aromatic N) is 2. The number of hydrogen-bond donors (Lipinski definition) is 1. The van der Waals surface area contributed by atoms with Crippen molar-refractivity contribution in [2.75, 3.05) is 7.05 Å². The van der Waals surface area contributed by atoms with Crippen molar-refractivity contribution in [3.8, 4) is 0 Å². The Morgan fingerprint density at radius 3 is 2.69 bits per heavy atom. The van der Waals surface area contributed by atoms with E-state index in [4.69, 9.17) is 0 Å². The molecule has 1 N–H and O–H groups in total. The van der Waals surface area contributed by atoms with E-state index in [2.05, 4.69) is 30.3 Å². The molecule has 0 amide bonds. The SMILES string of the molecule is CCC(C)C(NC)c1cn(C)cn1. The minimum atomic E-state index is 0.381. The summed E-state index contributed by atoms with van der Waals surface area (Å²) in [4.78, 5) is 4.36. The normalized spacial score (nSPS) is 15.7. The van der Waals surface area contributed by atoms with Crippen LogP contribution in [0.4, 0.5) is 0 Å².